The number of hydrogen-bond donors (Lipinski definition) is 0. The third-order valence-corrected chi connectivity index (χ3v) is 4.22. The van der Waals surface area contributed by atoms with Crippen molar-refractivity contribution in [2.75, 3.05) is 0 Å². The SMILES string of the molecule is N#Cc1ccc(CSc2nnnn2Cc2ccccc2)c(F)c1. The van der Waals surface area contributed by atoms with E-state index in [1.165, 1.54) is 17.8 Å². The van der Waals surface area contributed by atoms with Gasteiger partial charge in [-0.15, -0.1) is 5.10 Å². The smallest absolute Gasteiger partial charge is 0.209 e. The number of halogens is 1. The van der Waals surface area contributed by atoms with Crippen LogP contribution in [0.15, 0.2) is 53.7 Å². The zero-order chi connectivity index (χ0) is 16.1. The Bertz CT molecular complexity index is 841. The van der Waals surface area contributed by atoms with E-state index in [1.54, 1.807) is 16.8 Å². The first-order chi connectivity index (χ1) is 11.3. The molecule has 0 atom stereocenters. The quantitative estimate of drug-likeness (QED) is 0.675. The molecule has 114 valence electrons. The fourth-order valence-corrected chi connectivity index (χ4v) is 2.89. The molecule has 0 fully saturated rings. The van der Waals surface area contributed by atoms with Crippen molar-refractivity contribution >= 4 is 11.8 Å². The molecule has 1 heterocycles. The zero-order valence-corrected chi connectivity index (χ0v) is 12.9. The van der Waals surface area contributed by atoms with E-state index >= 15 is 0 Å². The van der Waals surface area contributed by atoms with Gasteiger partial charge in [-0.2, -0.15) is 5.26 Å². The van der Waals surface area contributed by atoms with E-state index in [0.717, 1.165) is 5.56 Å². The summed E-state index contributed by atoms with van der Waals surface area (Å²) >= 11 is 1.36. The fraction of sp³-hybridized carbons (Fsp3) is 0.125. The topological polar surface area (TPSA) is 67.4 Å². The van der Waals surface area contributed by atoms with Gasteiger partial charge in [-0.3, -0.25) is 0 Å². The van der Waals surface area contributed by atoms with E-state index in [-0.39, 0.29) is 0 Å². The second kappa shape index (κ2) is 7.03. The maximum absolute atomic E-state index is 13.9. The van der Waals surface area contributed by atoms with Gasteiger partial charge in [0, 0.05) is 5.75 Å². The molecule has 0 amide bonds. The Morgan fingerprint density at radius 1 is 1.17 bits per heavy atom. The molecule has 23 heavy (non-hydrogen) atoms. The van der Waals surface area contributed by atoms with Crippen molar-refractivity contribution in [2.45, 2.75) is 17.5 Å². The van der Waals surface area contributed by atoms with Gasteiger partial charge in [0.2, 0.25) is 5.16 Å². The predicted octanol–water partition coefficient (Wildman–Crippen LogP) is 3.02. The van der Waals surface area contributed by atoms with Crippen LogP contribution < -0.4 is 0 Å². The summed E-state index contributed by atoms with van der Waals surface area (Å²) < 4.78 is 15.6. The van der Waals surface area contributed by atoms with Crippen molar-refractivity contribution in [1.29, 1.82) is 5.26 Å². The molecular formula is C16H12FN5S. The minimum Gasteiger partial charge on any atom is -0.216 e. The molecule has 2 aromatic carbocycles. The second-order valence-electron chi connectivity index (χ2n) is 4.81. The highest BCUT2D eigenvalue weighted by Gasteiger charge is 2.10. The number of nitrogens with zero attached hydrogens (tertiary/aromatic N) is 5. The average molecular weight is 325 g/mol. The molecule has 0 spiro atoms. The van der Waals surface area contributed by atoms with Gasteiger partial charge in [-0.05, 0) is 33.7 Å². The maximum Gasteiger partial charge on any atom is 0.209 e. The van der Waals surface area contributed by atoms with Crippen molar-refractivity contribution in [3.63, 3.8) is 0 Å². The Kier molecular flexibility index (Phi) is 4.64. The molecule has 7 heteroatoms. The average Bonchev–Trinajstić information content (AvgIpc) is 3.01. The largest absolute Gasteiger partial charge is 0.216 e. The van der Waals surface area contributed by atoms with Crippen molar-refractivity contribution in [2.24, 2.45) is 0 Å². The van der Waals surface area contributed by atoms with E-state index in [0.29, 0.717) is 28.6 Å². The van der Waals surface area contributed by atoms with Crippen LogP contribution in [0.25, 0.3) is 0 Å². The van der Waals surface area contributed by atoms with Crippen molar-refractivity contribution in [1.82, 2.24) is 20.2 Å². The molecule has 0 aliphatic heterocycles. The molecule has 0 N–H and O–H groups in total. The fourth-order valence-electron chi connectivity index (χ4n) is 2.03. The first-order valence-electron chi connectivity index (χ1n) is 6.87. The standard InChI is InChI=1S/C16H12FN5S/c17-15-8-13(9-18)6-7-14(15)11-23-16-19-20-21-22(16)10-12-4-2-1-3-5-12/h1-8H,10-11H2. The molecule has 5 nitrogen and oxygen atoms in total. The number of benzene rings is 2. The predicted molar refractivity (Wildman–Crippen MR) is 84.0 cm³/mol. The van der Waals surface area contributed by atoms with E-state index in [1.807, 2.05) is 36.4 Å². The number of thioether (sulfide) groups is 1. The third kappa shape index (κ3) is 3.73. The van der Waals surface area contributed by atoms with Crippen molar-refractivity contribution in [3.8, 4) is 6.07 Å². The van der Waals surface area contributed by atoms with E-state index in [2.05, 4.69) is 15.5 Å². The summed E-state index contributed by atoms with van der Waals surface area (Å²) in [7, 11) is 0. The highest BCUT2D eigenvalue weighted by molar-refractivity contribution is 7.98. The van der Waals surface area contributed by atoms with E-state index in [9.17, 15) is 4.39 Å². The number of hydrogen-bond acceptors (Lipinski definition) is 5. The first-order valence-corrected chi connectivity index (χ1v) is 7.86. The number of tetrazole rings is 1. The summed E-state index contributed by atoms with van der Waals surface area (Å²) in [5.41, 5.74) is 1.92. The van der Waals surface area contributed by atoms with Crippen LogP contribution in [-0.4, -0.2) is 20.2 Å². The minimum atomic E-state index is -0.390. The van der Waals surface area contributed by atoms with Gasteiger partial charge in [0.1, 0.15) is 5.82 Å². The third-order valence-electron chi connectivity index (χ3n) is 3.21. The van der Waals surface area contributed by atoms with Gasteiger partial charge in [0.05, 0.1) is 18.2 Å². The van der Waals surface area contributed by atoms with Crippen LogP contribution in [-0.2, 0) is 12.3 Å². The Balaban J connectivity index is 1.70. The van der Waals surface area contributed by atoms with Crippen LogP contribution in [0.3, 0.4) is 0 Å². The van der Waals surface area contributed by atoms with Crippen LogP contribution in [0.2, 0.25) is 0 Å². The van der Waals surface area contributed by atoms with Crippen molar-refractivity contribution in [3.05, 3.63) is 71.0 Å². The summed E-state index contributed by atoms with van der Waals surface area (Å²) in [6.45, 7) is 0.562. The van der Waals surface area contributed by atoms with E-state index < -0.39 is 5.82 Å². The van der Waals surface area contributed by atoms with Gasteiger partial charge in [0.25, 0.3) is 0 Å². The highest BCUT2D eigenvalue weighted by atomic mass is 32.2. The molecule has 0 bridgehead atoms. The van der Waals surface area contributed by atoms with Crippen LogP contribution in [0.1, 0.15) is 16.7 Å². The lowest BCUT2D eigenvalue weighted by Gasteiger charge is -2.05. The molecule has 1 aromatic heterocycles. The van der Waals surface area contributed by atoms with Gasteiger partial charge in [-0.1, -0.05) is 48.2 Å². The summed E-state index contributed by atoms with van der Waals surface area (Å²) in [5, 5.41) is 21.0. The summed E-state index contributed by atoms with van der Waals surface area (Å²) in [5.74, 6) is 0.00539. The molecule has 0 saturated heterocycles. The van der Waals surface area contributed by atoms with Crippen molar-refractivity contribution < 1.29 is 4.39 Å². The Labute approximate surface area is 136 Å². The molecule has 0 saturated carbocycles. The second-order valence-corrected chi connectivity index (χ2v) is 5.75. The highest BCUT2D eigenvalue weighted by Crippen LogP contribution is 2.22. The molecule has 0 aliphatic carbocycles. The van der Waals surface area contributed by atoms with E-state index in [4.69, 9.17) is 5.26 Å². The molecule has 3 aromatic rings. The molecule has 0 unspecified atom stereocenters. The lowest BCUT2D eigenvalue weighted by Crippen LogP contribution is -2.04. The monoisotopic (exact) mass is 325 g/mol. The normalized spacial score (nSPS) is 10.4. The van der Waals surface area contributed by atoms with Crippen LogP contribution in [0.4, 0.5) is 4.39 Å². The van der Waals surface area contributed by atoms with Crippen LogP contribution in [0, 0.1) is 17.1 Å². The maximum atomic E-state index is 13.9. The van der Waals surface area contributed by atoms with Crippen LogP contribution >= 0.6 is 11.8 Å². The molecular weight excluding hydrogens is 313 g/mol. The minimum absolute atomic E-state index is 0.310. The first kappa shape index (κ1) is 15.2. The Morgan fingerprint density at radius 2 is 2.00 bits per heavy atom. The summed E-state index contributed by atoms with van der Waals surface area (Å²) in [6.07, 6.45) is 0. The summed E-state index contributed by atoms with van der Waals surface area (Å²) in [6, 6.07) is 16.2. The molecule has 0 radical (unpaired) electrons. The van der Waals surface area contributed by atoms with Gasteiger partial charge < -0.3 is 0 Å². The van der Waals surface area contributed by atoms with Gasteiger partial charge in [0.15, 0.2) is 0 Å². The lowest BCUT2D eigenvalue weighted by molar-refractivity contribution is 0.601. The van der Waals surface area contributed by atoms with Gasteiger partial charge in [-0.25, -0.2) is 9.07 Å². The Morgan fingerprint density at radius 3 is 2.74 bits per heavy atom. The number of rotatable bonds is 5. The Hall–Kier alpha value is -2.72. The van der Waals surface area contributed by atoms with Crippen LogP contribution in [0.5, 0.6) is 0 Å². The van der Waals surface area contributed by atoms with Gasteiger partial charge >= 0.3 is 0 Å². The number of aromatic nitrogens is 4. The molecule has 3 rings (SSSR count). The zero-order valence-electron chi connectivity index (χ0n) is 12.1. The molecule has 0 aliphatic rings. The lowest BCUT2D eigenvalue weighted by atomic mass is 10.1. The number of nitriles is 1. The summed E-state index contributed by atoms with van der Waals surface area (Å²) in [4.78, 5) is 0.